The molecule has 1 aromatic carbocycles. The van der Waals surface area contributed by atoms with Gasteiger partial charge in [0.15, 0.2) is 12.3 Å². The normalized spacial score (nSPS) is 14.2. The van der Waals surface area contributed by atoms with E-state index in [-0.39, 0.29) is 5.78 Å². The second-order valence-electron chi connectivity index (χ2n) is 5.60. The Morgan fingerprint density at radius 1 is 1.24 bits per heavy atom. The molecule has 2 aromatic rings. The lowest BCUT2D eigenvalue weighted by molar-refractivity contribution is -0.519. The largest absolute Gasteiger partial charge is 0.337 e. The molecule has 0 fully saturated rings. The Kier molecular flexibility index (Phi) is 3.74. The topological polar surface area (TPSA) is 25.0 Å². The van der Waals surface area contributed by atoms with E-state index in [2.05, 4.69) is 34.4 Å². The van der Waals surface area contributed by atoms with Gasteiger partial charge in [-0.25, -0.2) is 4.58 Å². The molecule has 3 rings (SSSR count). The van der Waals surface area contributed by atoms with Gasteiger partial charge in [0, 0.05) is 18.2 Å². The van der Waals surface area contributed by atoms with Gasteiger partial charge in [-0.15, -0.1) is 0 Å². The van der Waals surface area contributed by atoms with E-state index < -0.39 is 0 Å². The number of aryl methyl sites for hydroxylation is 1. The molecule has 3 nitrogen and oxygen atoms in total. The van der Waals surface area contributed by atoms with Crippen molar-refractivity contribution in [2.24, 2.45) is 0 Å². The molecule has 0 N–H and O–H groups in total. The Hall–Kier alpha value is -2.16. The minimum atomic E-state index is 0.195. The van der Waals surface area contributed by atoms with Crippen molar-refractivity contribution in [1.29, 1.82) is 0 Å². The lowest BCUT2D eigenvalue weighted by atomic mass is 10.1. The van der Waals surface area contributed by atoms with Gasteiger partial charge in [0.1, 0.15) is 5.69 Å². The first-order chi connectivity index (χ1) is 10.2. The maximum atomic E-state index is 12.5. The quantitative estimate of drug-likeness (QED) is 0.625. The van der Waals surface area contributed by atoms with Crippen LogP contribution in [0.15, 0.2) is 42.6 Å². The van der Waals surface area contributed by atoms with Crippen LogP contribution in [0.4, 0.5) is 0 Å². The number of nitrogens with zero attached hydrogens (tertiary/aromatic N) is 2. The summed E-state index contributed by atoms with van der Waals surface area (Å²) in [6.45, 7) is 6.52. The first-order valence-corrected chi connectivity index (χ1v) is 7.55. The van der Waals surface area contributed by atoms with Gasteiger partial charge < -0.3 is 4.57 Å². The molecule has 0 saturated carbocycles. The average molecular weight is 281 g/mol. The van der Waals surface area contributed by atoms with Crippen LogP contribution < -0.4 is 0 Å². The van der Waals surface area contributed by atoms with Crippen molar-refractivity contribution in [2.45, 2.75) is 26.8 Å². The van der Waals surface area contributed by atoms with Gasteiger partial charge in [-0.2, -0.15) is 0 Å². The number of aromatic nitrogens is 1. The predicted octanol–water partition coefficient (Wildman–Crippen LogP) is 2.90. The van der Waals surface area contributed by atoms with E-state index in [1.165, 1.54) is 17.0 Å². The van der Waals surface area contributed by atoms with E-state index in [1.54, 1.807) is 0 Å². The second-order valence-corrected chi connectivity index (χ2v) is 5.60. The van der Waals surface area contributed by atoms with Crippen LogP contribution in [0.5, 0.6) is 0 Å². The zero-order valence-electron chi connectivity index (χ0n) is 12.7. The standard InChI is InChI=1S/C18H21N2O/c1-3-16-17-5-4-10-19(17)11-12-20(16)13-18(21)15-8-6-14(2)7-9-15/h4-10H,3,11-13H2,1-2H3/q+1. The molecule has 0 unspecified atom stereocenters. The highest BCUT2D eigenvalue weighted by molar-refractivity contribution is 5.99. The zero-order valence-corrected chi connectivity index (χ0v) is 12.7. The van der Waals surface area contributed by atoms with Gasteiger partial charge in [-0.3, -0.25) is 4.79 Å². The van der Waals surface area contributed by atoms with E-state index >= 15 is 0 Å². The maximum absolute atomic E-state index is 12.5. The molecule has 3 heteroatoms. The fourth-order valence-corrected chi connectivity index (χ4v) is 2.98. The van der Waals surface area contributed by atoms with Crippen LogP contribution in [0.25, 0.3) is 0 Å². The summed E-state index contributed by atoms with van der Waals surface area (Å²) in [5.41, 5.74) is 4.51. The SMILES string of the molecule is CCC1=[N+](CC(=O)c2ccc(C)cc2)CCn2cccc21. The van der Waals surface area contributed by atoms with Crippen molar-refractivity contribution in [1.82, 2.24) is 4.57 Å². The molecule has 1 aromatic heterocycles. The molecule has 0 amide bonds. The second kappa shape index (κ2) is 5.68. The monoisotopic (exact) mass is 281 g/mol. The molecule has 2 heterocycles. The molecule has 1 aliphatic rings. The fourth-order valence-electron chi connectivity index (χ4n) is 2.98. The fraction of sp³-hybridized carbons (Fsp3) is 0.333. The molecule has 0 radical (unpaired) electrons. The number of carbonyl (C=O) groups is 1. The number of ketones is 1. The number of carbonyl (C=O) groups excluding carboxylic acids is 1. The van der Waals surface area contributed by atoms with Crippen LogP contribution in [0.2, 0.25) is 0 Å². The number of Topliss-reactive ketones (excluding diaryl/α,β-unsaturated/α-hetero) is 1. The third kappa shape index (κ3) is 2.68. The van der Waals surface area contributed by atoms with Crippen LogP contribution in [0.1, 0.15) is 35.0 Å². The molecular formula is C18H21N2O+. The first kappa shape index (κ1) is 13.8. The van der Waals surface area contributed by atoms with Crippen molar-refractivity contribution in [3.05, 3.63) is 59.4 Å². The third-order valence-corrected chi connectivity index (χ3v) is 4.16. The summed E-state index contributed by atoms with van der Waals surface area (Å²) in [4.78, 5) is 12.5. The number of rotatable bonds is 4. The molecule has 0 saturated heterocycles. The molecule has 0 aliphatic carbocycles. The molecule has 1 aliphatic heterocycles. The van der Waals surface area contributed by atoms with Crippen molar-refractivity contribution in [3.63, 3.8) is 0 Å². The summed E-state index contributed by atoms with van der Waals surface area (Å²) < 4.78 is 4.50. The highest BCUT2D eigenvalue weighted by Crippen LogP contribution is 2.13. The molecule has 0 atom stereocenters. The Bertz CT molecular complexity index is 692. The van der Waals surface area contributed by atoms with Crippen LogP contribution in [0.3, 0.4) is 0 Å². The summed E-state index contributed by atoms with van der Waals surface area (Å²) in [7, 11) is 0. The average Bonchev–Trinajstić information content (AvgIpc) is 2.96. The van der Waals surface area contributed by atoms with E-state index in [4.69, 9.17) is 0 Å². The summed E-state index contributed by atoms with van der Waals surface area (Å²) in [6.07, 6.45) is 3.06. The Balaban J connectivity index is 1.87. The number of fused-ring (bicyclic) bond motifs is 1. The van der Waals surface area contributed by atoms with Gasteiger partial charge in [-0.05, 0) is 19.1 Å². The number of hydrogen-bond donors (Lipinski definition) is 0. The van der Waals surface area contributed by atoms with Gasteiger partial charge >= 0.3 is 0 Å². The summed E-state index contributed by atoms with van der Waals surface area (Å²) >= 11 is 0. The Morgan fingerprint density at radius 2 is 2.00 bits per heavy atom. The first-order valence-electron chi connectivity index (χ1n) is 7.55. The molecule has 21 heavy (non-hydrogen) atoms. The lowest BCUT2D eigenvalue weighted by Crippen LogP contribution is -2.35. The summed E-state index contributed by atoms with van der Waals surface area (Å²) in [6, 6.07) is 12.1. The number of hydrogen-bond acceptors (Lipinski definition) is 1. The number of benzene rings is 1. The zero-order chi connectivity index (χ0) is 14.8. The van der Waals surface area contributed by atoms with E-state index in [0.717, 1.165) is 25.1 Å². The molecular weight excluding hydrogens is 260 g/mol. The predicted molar refractivity (Wildman–Crippen MR) is 84.3 cm³/mol. The van der Waals surface area contributed by atoms with Crippen LogP contribution in [-0.2, 0) is 6.54 Å². The van der Waals surface area contributed by atoms with Crippen molar-refractivity contribution >= 4 is 11.5 Å². The van der Waals surface area contributed by atoms with Gasteiger partial charge in [-0.1, -0.05) is 36.8 Å². The summed E-state index contributed by atoms with van der Waals surface area (Å²) in [5, 5.41) is 0. The third-order valence-electron chi connectivity index (χ3n) is 4.16. The molecule has 0 bridgehead atoms. The Labute approximate surface area is 125 Å². The van der Waals surface area contributed by atoms with Crippen molar-refractivity contribution in [3.8, 4) is 0 Å². The smallest absolute Gasteiger partial charge is 0.227 e. The van der Waals surface area contributed by atoms with Crippen LogP contribution in [-0.4, -0.2) is 33.7 Å². The maximum Gasteiger partial charge on any atom is 0.227 e. The minimum absolute atomic E-state index is 0.195. The van der Waals surface area contributed by atoms with Crippen molar-refractivity contribution in [2.75, 3.05) is 13.1 Å². The van der Waals surface area contributed by atoms with E-state index in [9.17, 15) is 4.79 Å². The van der Waals surface area contributed by atoms with Crippen LogP contribution in [0, 0.1) is 6.92 Å². The van der Waals surface area contributed by atoms with E-state index in [1.807, 2.05) is 31.2 Å². The molecule has 108 valence electrons. The molecule has 0 spiro atoms. The van der Waals surface area contributed by atoms with Crippen molar-refractivity contribution < 1.29 is 9.37 Å². The Morgan fingerprint density at radius 3 is 2.71 bits per heavy atom. The summed E-state index contributed by atoms with van der Waals surface area (Å²) in [5.74, 6) is 0.195. The van der Waals surface area contributed by atoms with E-state index in [0.29, 0.717) is 6.54 Å². The minimum Gasteiger partial charge on any atom is -0.337 e. The van der Waals surface area contributed by atoms with Crippen LogP contribution >= 0.6 is 0 Å². The highest BCUT2D eigenvalue weighted by Gasteiger charge is 2.25. The van der Waals surface area contributed by atoms with Gasteiger partial charge in [0.25, 0.3) is 0 Å². The van der Waals surface area contributed by atoms with Gasteiger partial charge in [0.05, 0.1) is 6.54 Å². The van der Waals surface area contributed by atoms with Gasteiger partial charge in [0.2, 0.25) is 12.3 Å². The highest BCUT2D eigenvalue weighted by atomic mass is 16.1. The lowest BCUT2D eigenvalue weighted by Gasteiger charge is -2.17.